The summed E-state index contributed by atoms with van der Waals surface area (Å²) in [5, 5.41) is 12.8. The molecular formula is C10H12BrNO2. The Balaban J connectivity index is 2.07. The minimum Gasteiger partial charge on any atom is -0.388 e. The molecule has 0 amide bonds. The molecule has 2 N–H and O–H groups in total. The molecule has 1 aliphatic rings. The first-order valence-corrected chi connectivity index (χ1v) is 5.33. The predicted octanol–water partition coefficient (Wildman–Crippen LogP) is 1.62. The van der Waals surface area contributed by atoms with Crippen LogP contribution in [0.1, 0.15) is 0 Å². The molecule has 0 aliphatic carbocycles. The Bertz CT molecular complexity index is 319. The van der Waals surface area contributed by atoms with E-state index in [1.165, 1.54) is 0 Å². The van der Waals surface area contributed by atoms with Crippen molar-refractivity contribution in [1.29, 1.82) is 0 Å². The van der Waals surface area contributed by atoms with E-state index in [1.807, 2.05) is 24.3 Å². The van der Waals surface area contributed by atoms with Gasteiger partial charge in [-0.1, -0.05) is 12.1 Å². The number of hydrogen-bond donors (Lipinski definition) is 2. The van der Waals surface area contributed by atoms with Crippen LogP contribution in [0.2, 0.25) is 0 Å². The Morgan fingerprint density at radius 1 is 1.36 bits per heavy atom. The van der Waals surface area contributed by atoms with Crippen molar-refractivity contribution < 1.29 is 9.84 Å². The SMILES string of the molecule is OC1COCC1Nc1ccccc1Br. The summed E-state index contributed by atoms with van der Waals surface area (Å²) < 4.78 is 6.15. The number of aliphatic hydroxyl groups is 1. The number of rotatable bonds is 2. The lowest BCUT2D eigenvalue weighted by atomic mass is 10.2. The van der Waals surface area contributed by atoms with Gasteiger partial charge in [-0.05, 0) is 28.1 Å². The van der Waals surface area contributed by atoms with E-state index in [-0.39, 0.29) is 6.04 Å². The van der Waals surface area contributed by atoms with E-state index in [4.69, 9.17) is 4.74 Å². The van der Waals surface area contributed by atoms with E-state index in [0.717, 1.165) is 10.2 Å². The van der Waals surface area contributed by atoms with Gasteiger partial charge in [-0.25, -0.2) is 0 Å². The lowest BCUT2D eigenvalue weighted by Crippen LogP contribution is -2.31. The van der Waals surface area contributed by atoms with Gasteiger partial charge in [0.2, 0.25) is 0 Å². The van der Waals surface area contributed by atoms with Crippen molar-refractivity contribution in [2.75, 3.05) is 18.5 Å². The van der Waals surface area contributed by atoms with Crippen LogP contribution in [0.3, 0.4) is 0 Å². The second kappa shape index (κ2) is 4.29. The van der Waals surface area contributed by atoms with Gasteiger partial charge in [0.1, 0.15) is 0 Å². The van der Waals surface area contributed by atoms with Gasteiger partial charge < -0.3 is 15.2 Å². The third-order valence-corrected chi connectivity index (χ3v) is 2.96. The van der Waals surface area contributed by atoms with Gasteiger partial charge in [0, 0.05) is 10.2 Å². The molecule has 2 rings (SSSR count). The third-order valence-electron chi connectivity index (χ3n) is 2.27. The highest BCUT2D eigenvalue weighted by molar-refractivity contribution is 9.10. The van der Waals surface area contributed by atoms with Gasteiger partial charge in [-0.2, -0.15) is 0 Å². The second-order valence-corrected chi connectivity index (χ2v) is 4.19. The standard InChI is InChI=1S/C10H12BrNO2/c11-7-3-1-2-4-8(7)12-9-5-14-6-10(9)13/h1-4,9-10,12-13H,5-6H2. The highest BCUT2D eigenvalue weighted by Gasteiger charge is 2.26. The van der Waals surface area contributed by atoms with Crippen molar-refractivity contribution in [2.45, 2.75) is 12.1 Å². The maximum Gasteiger partial charge on any atom is 0.0996 e. The van der Waals surface area contributed by atoms with Crippen molar-refractivity contribution in [2.24, 2.45) is 0 Å². The number of para-hydroxylation sites is 1. The van der Waals surface area contributed by atoms with E-state index in [0.29, 0.717) is 13.2 Å². The monoisotopic (exact) mass is 257 g/mol. The summed E-state index contributed by atoms with van der Waals surface area (Å²) in [6.07, 6.45) is -0.415. The molecule has 76 valence electrons. The highest BCUT2D eigenvalue weighted by atomic mass is 79.9. The quantitative estimate of drug-likeness (QED) is 0.847. The maximum atomic E-state index is 9.54. The third kappa shape index (κ3) is 2.08. The number of halogens is 1. The molecule has 2 atom stereocenters. The number of nitrogens with one attached hydrogen (secondary N) is 1. The fourth-order valence-electron chi connectivity index (χ4n) is 1.46. The fourth-order valence-corrected chi connectivity index (χ4v) is 1.86. The normalized spacial score (nSPS) is 26.4. The Hall–Kier alpha value is -0.580. The van der Waals surface area contributed by atoms with E-state index < -0.39 is 6.10 Å². The number of benzene rings is 1. The van der Waals surface area contributed by atoms with Crippen LogP contribution in [0.25, 0.3) is 0 Å². The first-order chi connectivity index (χ1) is 6.77. The molecule has 1 saturated heterocycles. The molecular weight excluding hydrogens is 246 g/mol. The van der Waals surface area contributed by atoms with E-state index >= 15 is 0 Å². The molecule has 1 aromatic carbocycles. The van der Waals surface area contributed by atoms with Crippen LogP contribution in [-0.4, -0.2) is 30.5 Å². The van der Waals surface area contributed by atoms with Crippen molar-refractivity contribution in [3.8, 4) is 0 Å². The molecule has 0 bridgehead atoms. The van der Waals surface area contributed by atoms with Crippen LogP contribution in [0.15, 0.2) is 28.7 Å². The van der Waals surface area contributed by atoms with Crippen LogP contribution >= 0.6 is 15.9 Å². The highest BCUT2D eigenvalue weighted by Crippen LogP contribution is 2.23. The van der Waals surface area contributed by atoms with Gasteiger partial charge in [0.15, 0.2) is 0 Å². The molecule has 0 radical (unpaired) electrons. The molecule has 0 spiro atoms. The van der Waals surface area contributed by atoms with Crippen molar-refractivity contribution in [3.63, 3.8) is 0 Å². The fraction of sp³-hybridized carbons (Fsp3) is 0.400. The zero-order valence-electron chi connectivity index (χ0n) is 7.61. The number of aliphatic hydroxyl groups excluding tert-OH is 1. The maximum absolute atomic E-state index is 9.54. The molecule has 0 saturated carbocycles. The summed E-state index contributed by atoms with van der Waals surface area (Å²) in [4.78, 5) is 0. The molecule has 1 heterocycles. The summed E-state index contributed by atoms with van der Waals surface area (Å²) >= 11 is 3.44. The Kier molecular flexibility index (Phi) is 3.05. The average Bonchev–Trinajstić information content (AvgIpc) is 2.56. The summed E-state index contributed by atoms with van der Waals surface area (Å²) in [5.74, 6) is 0. The van der Waals surface area contributed by atoms with Crippen molar-refractivity contribution in [1.82, 2.24) is 0 Å². The largest absolute Gasteiger partial charge is 0.388 e. The number of anilines is 1. The van der Waals surface area contributed by atoms with Crippen LogP contribution in [0, 0.1) is 0 Å². The Morgan fingerprint density at radius 3 is 2.79 bits per heavy atom. The summed E-state index contributed by atoms with van der Waals surface area (Å²) in [5.41, 5.74) is 0.988. The Morgan fingerprint density at radius 2 is 2.14 bits per heavy atom. The Labute approximate surface area is 91.2 Å². The molecule has 3 nitrogen and oxygen atoms in total. The zero-order chi connectivity index (χ0) is 9.97. The minimum absolute atomic E-state index is 0.00583. The van der Waals surface area contributed by atoms with E-state index in [2.05, 4.69) is 21.2 Å². The van der Waals surface area contributed by atoms with Crippen LogP contribution < -0.4 is 5.32 Å². The van der Waals surface area contributed by atoms with Gasteiger partial charge in [-0.15, -0.1) is 0 Å². The van der Waals surface area contributed by atoms with Gasteiger partial charge in [0.25, 0.3) is 0 Å². The topological polar surface area (TPSA) is 41.5 Å². The van der Waals surface area contributed by atoms with Crippen LogP contribution in [0.4, 0.5) is 5.69 Å². The summed E-state index contributed by atoms with van der Waals surface area (Å²) in [6.45, 7) is 0.977. The number of ether oxygens (including phenoxy) is 1. The van der Waals surface area contributed by atoms with Crippen molar-refractivity contribution in [3.05, 3.63) is 28.7 Å². The minimum atomic E-state index is -0.415. The second-order valence-electron chi connectivity index (χ2n) is 3.34. The predicted molar refractivity (Wildman–Crippen MR) is 58.4 cm³/mol. The molecule has 0 aromatic heterocycles. The molecule has 14 heavy (non-hydrogen) atoms. The smallest absolute Gasteiger partial charge is 0.0996 e. The van der Waals surface area contributed by atoms with Crippen LogP contribution in [0.5, 0.6) is 0 Å². The van der Waals surface area contributed by atoms with E-state index in [9.17, 15) is 5.11 Å². The zero-order valence-corrected chi connectivity index (χ0v) is 9.20. The molecule has 1 aliphatic heterocycles. The summed E-state index contributed by atoms with van der Waals surface area (Å²) in [6, 6.07) is 7.83. The molecule has 1 fully saturated rings. The average molecular weight is 258 g/mol. The van der Waals surface area contributed by atoms with Gasteiger partial charge >= 0.3 is 0 Å². The number of hydrogen-bond acceptors (Lipinski definition) is 3. The molecule has 1 aromatic rings. The van der Waals surface area contributed by atoms with Crippen molar-refractivity contribution >= 4 is 21.6 Å². The first-order valence-electron chi connectivity index (χ1n) is 4.54. The van der Waals surface area contributed by atoms with Gasteiger partial charge in [0.05, 0.1) is 25.4 Å². The lowest BCUT2D eigenvalue weighted by molar-refractivity contribution is 0.125. The first kappa shape index (κ1) is 9.96. The van der Waals surface area contributed by atoms with E-state index in [1.54, 1.807) is 0 Å². The molecule has 4 heteroatoms. The van der Waals surface area contributed by atoms with Crippen LogP contribution in [-0.2, 0) is 4.74 Å². The van der Waals surface area contributed by atoms with Gasteiger partial charge in [-0.3, -0.25) is 0 Å². The lowest BCUT2D eigenvalue weighted by Gasteiger charge is -2.16. The summed E-state index contributed by atoms with van der Waals surface area (Å²) in [7, 11) is 0. The molecule has 2 unspecified atom stereocenters.